The molecule has 1 aliphatic heterocycles. The first-order chi connectivity index (χ1) is 10.4. The van der Waals surface area contributed by atoms with Gasteiger partial charge in [-0.2, -0.15) is 0 Å². The van der Waals surface area contributed by atoms with Gasteiger partial charge in [-0.3, -0.25) is 4.98 Å². The normalized spacial score (nSPS) is 16.0. The molecule has 0 spiro atoms. The van der Waals surface area contributed by atoms with Gasteiger partial charge in [0.2, 0.25) is 6.79 Å². The summed E-state index contributed by atoms with van der Waals surface area (Å²) in [6, 6.07) is 8.13. The van der Waals surface area contributed by atoms with Gasteiger partial charge >= 0.3 is 0 Å². The number of pyridine rings is 1. The van der Waals surface area contributed by atoms with E-state index in [0.29, 0.717) is 6.04 Å². The number of hydrogen-bond acceptors (Lipinski definition) is 5. The van der Waals surface area contributed by atoms with E-state index in [4.69, 9.17) is 14.2 Å². The number of benzene rings is 1. The van der Waals surface area contributed by atoms with Gasteiger partial charge in [0.15, 0.2) is 11.5 Å². The molecule has 1 aromatic heterocycles. The summed E-state index contributed by atoms with van der Waals surface area (Å²) in [6.45, 7) is 1.04. The van der Waals surface area contributed by atoms with E-state index in [-0.39, 0.29) is 6.79 Å². The van der Waals surface area contributed by atoms with Crippen LogP contribution in [0, 0.1) is 0 Å². The summed E-state index contributed by atoms with van der Waals surface area (Å²) in [5.74, 6) is 3.03. The Morgan fingerprint density at radius 1 is 1.19 bits per heavy atom. The quantitative estimate of drug-likeness (QED) is 0.915. The molecule has 1 aliphatic carbocycles. The Morgan fingerprint density at radius 2 is 2.10 bits per heavy atom. The van der Waals surface area contributed by atoms with Gasteiger partial charge in [0, 0.05) is 36.6 Å². The number of nitrogens with one attached hydrogen (secondary N) is 1. The molecule has 0 amide bonds. The summed E-state index contributed by atoms with van der Waals surface area (Å²) >= 11 is 0. The molecule has 5 nitrogen and oxygen atoms in total. The lowest BCUT2D eigenvalue weighted by Crippen LogP contribution is -2.15. The zero-order chi connectivity index (χ0) is 14.1. The molecule has 1 saturated carbocycles. The highest BCUT2D eigenvalue weighted by atomic mass is 16.7. The van der Waals surface area contributed by atoms with Crippen molar-refractivity contribution in [3.63, 3.8) is 0 Å². The molecule has 21 heavy (non-hydrogen) atoms. The second-order valence-corrected chi connectivity index (χ2v) is 5.26. The fourth-order valence-corrected chi connectivity index (χ4v) is 2.26. The minimum Gasteiger partial charge on any atom is -0.457 e. The number of ether oxygens (including phenoxy) is 3. The molecule has 0 unspecified atom stereocenters. The summed E-state index contributed by atoms with van der Waals surface area (Å²) in [6.07, 6.45) is 6.11. The van der Waals surface area contributed by atoms with E-state index >= 15 is 0 Å². The lowest BCUT2D eigenvalue weighted by Gasteiger charge is -2.11. The fraction of sp³-hybridized carbons (Fsp3) is 0.312. The molecule has 0 bridgehead atoms. The van der Waals surface area contributed by atoms with E-state index in [1.807, 2.05) is 30.5 Å². The minimum atomic E-state index is 0.268. The molecular formula is C16H16N2O3. The molecule has 0 radical (unpaired) electrons. The maximum Gasteiger partial charge on any atom is 0.231 e. The lowest BCUT2D eigenvalue weighted by atomic mass is 10.2. The topological polar surface area (TPSA) is 52.6 Å². The number of rotatable bonds is 5. The number of hydrogen-bond donors (Lipinski definition) is 1. The average molecular weight is 284 g/mol. The van der Waals surface area contributed by atoms with Gasteiger partial charge in [-0.05, 0) is 31.0 Å². The van der Waals surface area contributed by atoms with Gasteiger partial charge in [-0.25, -0.2) is 0 Å². The van der Waals surface area contributed by atoms with Crippen molar-refractivity contribution >= 4 is 0 Å². The van der Waals surface area contributed by atoms with Crippen LogP contribution in [0.2, 0.25) is 0 Å². The third-order valence-electron chi connectivity index (χ3n) is 3.59. The average Bonchev–Trinajstić information content (AvgIpc) is 3.22. The van der Waals surface area contributed by atoms with Crippen molar-refractivity contribution in [3.8, 4) is 23.0 Å². The van der Waals surface area contributed by atoms with Gasteiger partial charge in [0.05, 0.1) is 0 Å². The molecule has 2 heterocycles. The van der Waals surface area contributed by atoms with Crippen LogP contribution in [0.5, 0.6) is 23.0 Å². The van der Waals surface area contributed by atoms with Crippen LogP contribution in [0.25, 0.3) is 0 Å². The Kier molecular flexibility index (Phi) is 3.12. The Hall–Kier alpha value is -2.27. The zero-order valence-corrected chi connectivity index (χ0v) is 11.5. The smallest absolute Gasteiger partial charge is 0.231 e. The first kappa shape index (κ1) is 12.5. The van der Waals surface area contributed by atoms with Gasteiger partial charge in [0.1, 0.15) is 11.5 Å². The molecular weight excluding hydrogens is 268 g/mol. The molecule has 2 aliphatic rings. The van der Waals surface area contributed by atoms with E-state index in [9.17, 15) is 0 Å². The first-order valence-electron chi connectivity index (χ1n) is 7.12. The number of nitrogens with zero attached hydrogens (tertiary/aromatic N) is 1. The predicted octanol–water partition coefficient (Wildman–Crippen LogP) is 2.85. The zero-order valence-electron chi connectivity index (χ0n) is 11.5. The maximum absolute atomic E-state index is 5.97. The molecule has 4 rings (SSSR count). The lowest BCUT2D eigenvalue weighted by molar-refractivity contribution is 0.174. The largest absolute Gasteiger partial charge is 0.457 e. The SMILES string of the molecule is c1cc(Oc2ccc3c(c2)OCO3)c(CNC2CC2)cn1. The molecule has 2 aromatic rings. The van der Waals surface area contributed by atoms with Crippen LogP contribution in [0.15, 0.2) is 36.7 Å². The van der Waals surface area contributed by atoms with Crippen molar-refractivity contribution in [1.29, 1.82) is 0 Å². The fourth-order valence-electron chi connectivity index (χ4n) is 2.26. The Labute approximate surface area is 122 Å². The van der Waals surface area contributed by atoms with Crippen LogP contribution in [-0.4, -0.2) is 17.8 Å². The van der Waals surface area contributed by atoms with Crippen molar-refractivity contribution < 1.29 is 14.2 Å². The monoisotopic (exact) mass is 284 g/mol. The summed E-state index contributed by atoms with van der Waals surface area (Å²) in [5, 5.41) is 3.48. The standard InChI is InChI=1S/C16H16N2O3/c1-2-12(1)18-9-11-8-17-6-5-14(11)21-13-3-4-15-16(7-13)20-10-19-15/h3-8,12,18H,1-2,9-10H2. The van der Waals surface area contributed by atoms with E-state index in [2.05, 4.69) is 10.3 Å². The number of fused-ring (bicyclic) bond motifs is 1. The van der Waals surface area contributed by atoms with Crippen molar-refractivity contribution in [1.82, 2.24) is 10.3 Å². The first-order valence-corrected chi connectivity index (χ1v) is 7.12. The molecule has 108 valence electrons. The molecule has 1 N–H and O–H groups in total. The van der Waals surface area contributed by atoms with Crippen LogP contribution in [0.1, 0.15) is 18.4 Å². The molecule has 0 saturated heterocycles. The third-order valence-corrected chi connectivity index (χ3v) is 3.59. The predicted molar refractivity (Wildman–Crippen MR) is 76.7 cm³/mol. The van der Waals surface area contributed by atoms with Crippen LogP contribution in [-0.2, 0) is 6.54 Å². The third kappa shape index (κ3) is 2.78. The van der Waals surface area contributed by atoms with E-state index < -0.39 is 0 Å². The second kappa shape index (κ2) is 5.26. The molecule has 0 atom stereocenters. The van der Waals surface area contributed by atoms with Gasteiger partial charge in [-0.1, -0.05) is 0 Å². The minimum absolute atomic E-state index is 0.268. The highest BCUT2D eigenvalue weighted by Gasteiger charge is 2.21. The maximum atomic E-state index is 5.97. The summed E-state index contributed by atoms with van der Waals surface area (Å²) < 4.78 is 16.6. The van der Waals surface area contributed by atoms with Gasteiger partial charge in [-0.15, -0.1) is 0 Å². The van der Waals surface area contributed by atoms with Gasteiger partial charge in [0.25, 0.3) is 0 Å². The summed E-state index contributed by atoms with van der Waals surface area (Å²) in [4.78, 5) is 4.18. The van der Waals surface area contributed by atoms with E-state index in [0.717, 1.165) is 35.1 Å². The van der Waals surface area contributed by atoms with Crippen LogP contribution < -0.4 is 19.5 Å². The van der Waals surface area contributed by atoms with E-state index in [1.165, 1.54) is 12.8 Å². The van der Waals surface area contributed by atoms with E-state index in [1.54, 1.807) is 6.20 Å². The van der Waals surface area contributed by atoms with Gasteiger partial charge < -0.3 is 19.5 Å². The molecule has 1 fully saturated rings. The van der Waals surface area contributed by atoms with Crippen molar-refractivity contribution in [2.75, 3.05) is 6.79 Å². The Bertz CT molecular complexity index is 656. The Balaban J connectivity index is 1.53. The van der Waals surface area contributed by atoms with Crippen LogP contribution >= 0.6 is 0 Å². The molecule has 1 aromatic carbocycles. The molecule has 5 heteroatoms. The highest BCUT2D eigenvalue weighted by Crippen LogP contribution is 2.37. The van der Waals surface area contributed by atoms with Crippen LogP contribution in [0.3, 0.4) is 0 Å². The summed E-state index contributed by atoms with van der Waals surface area (Å²) in [7, 11) is 0. The summed E-state index contributed by atoms with van der Waals surface area (Å²) in [5.41, 5.74) is 1.06. The number of aromatic nitrogens is 1. The Morgan fingerprint density at radius 3 is 3.00 bits per heavy atom. The van der Waals surface area contributed by atoms with Crippen molar-refractivity contribution in [3.05, 3.63) is 42.2 Å². The highest BCUT2D eigenvalue weighted by molar-refractivity contribution is 5.48. The second-order valence-electron chi connectivity index (χ2n) is 5.26. The van der Waals surface area contributed by atoms with Crippen LogP contribution in [0.4, 0.5) is 0 Å². The van der Waals surface area contributed by atoms with Crippen molar-refractivity contribution in [2.24, 2.45) is 0 Å². The van der Waals surface area contributed by atoms with Crippen molar-refractivity contribution in [2.45, 2.75) is 25.4 Å².